The summed E-state index contributed by atoms with van der Waals surface area (Å²) in [5, 5.41) is 13.4. The number of nitro benzene ring substituents is 1. The molecule has 2 aromatic carbocycles. The minimum Gasteiger partial charge on any atom is -0.324 e. The van der Waals surface area contributed by atoms with Crippen LogP contribution in [0.15, 0.2) is 59.4 Å². The van der Waals surface area contributed by atoms with Crippen molar-refractivity contribution < 1.29 is 22.9 Å². The zero-order valence-electron chi connectivity index (χ0n) is 14.1. The van der Waals surface area contributed by atoms with Crippen molar-refractivity contribution in [3.63, 3.8) is 0 Å². The topological polar surface area (TPSA) is 94.2 Å². The van der Waals surface area contributed by atoms with Gasteiger partial charge >= 0.3 is 6.18 Å². The quantitative estimate of drug-likeness (QED) is 0.543. The Bertz CT molecular complexity index is 1140. The Kier molecular flexibility index (Phi) is 4.87. The van der Waals surface area contributed by atoms with E-state index in [-0.39, 0.29) is 11.2 Å². The van der Waals surface area contributed by atoms with Crippen LogP contribution in [0, 0.1) is 10.1 Å². The van der Waals surface area contributed by atoms with Gasteiger partial charge < -0.3 is 5.32 Å². The molecule has 0 radical (unpaired) electrons. The lowest BCUT2D eigenvalue weighted by Gasteiger charge is -2.14. The van der Waals surface area contributed by atoms with E-state index in [1.807, 2.05) is 0 Å². The van der Waals surface area contributed by atoms with Crippen molar-refractivity contribution in [2.24, 2.45) is 0 Å². The molecule has 0 fully saturated rings. The Hall–Kier alpha value is -3.69. The maximum absolute atomic E-state index is 13.0. The predicted molar refractivity (Wildman–Crippen MR) is 94.9 cm³/mol. The van der Waals surface area contributed by atoms with Gasteiger partial charge in [0.2, 0.25) is 5.91 Å². The number of carbonyl (C=O) groups excluding carboxylic acids is 1. The Morgan fingerprint density at radius 3 is 2.50 bits per heavy atom. The first-order valence-electron chi connectivity index (χ1n) is 7.91. The third kappa shape index (κ3) is 3.85. The summed E-state index contributed by atoms with van der Waals surface area (Å²) in [6, 6.07) is 10.7. The number of para-hydroxylation sites is 1. The second-order valence-corrected chi connectivity index (χ2v) is 5.85. The number of nitrogens with one attached hydrogen (secondary N) is 1. The fraction of sp³-hybridized carbons (Fsp3) is 0.111. The van der Waals surface area contributed by atoms with Crippen LogP contribution in [0.2, 0.25) is 0 Å². The van der Waals surface area contributed by atoms with Crippen molar-refractivity contribution in [1.82, 2.24) is 4.57 Å². The van der Waals surface area contributed by atoms with Crippen LogP contribution in [0.5, 0.6) is 0 Å². The van der Waals surface area contributed by atoms with Crippen molar-refractivity contribution >= 4 is 28.2 Å². The van der Waals surface area contributed by atoms with Crippen LogP contribution in [0.3, 0.4) is 0 Å². The van der Waals surface area contributed by atoms with Crippen LogP contribution in [0.25, 0.3) is 10.9 Å². The zero-order valence-corrected chi connectivity index (χ0v) is 14.1. The van der Waals surface area contributed by atoms with Crippen molar-refractivity contribution in [2.45, 2.75) is 12.7 Å². The number of nitrogens with zero attached hydrogens (tertiary/aromatic N) is 2. The minimum absolute atomic E-state index is 0.193. The van der Waals surface area contributed by atoms with Gasteiger partial charge in [0.05, 0.1) is 21.7 Å². The number of carbonyl (C=O) groups is 1. The third-order valence-electron chi connectivity index (χ3n) is 3.99. The van der Waals surface area contributed by atoms with Gasteiger partial charge in [0.1, 0.15) is 6.54 Å². The third-order valence-corrected chi connectivity index (χ3v) is 3.99. The van der Waals surface area contributed by atoms with Gasteiger partial charge in [-0.25, -0.2) is 0 Å². The fourth-order valence-corrected chi connectivity index (χ4v) is 2.74. The number of rotatable bonds is 4. The van der Waals surface area contributed by atoms with Crippen molar-refractivity contribution in [3.05, 3.63) is 80.6 Å². The van der Waals surface area contributed by atoms with Crippen LogP contribution in [-0.4, -0.2) is 15.4 Å². The van der Waals surface area contributed by atoms with Gasteiger partial charge in [-0.2, -0.15) is 13.2 Å². The summed E-state index contributed by atoms with van der Waals surface area (Å²) in [7, 11) is 0. The lowest BCUT2D eigenvalue weighted by molar-refractivity contribution is -0.384. The summed E-state index contributed by atoms with van der Waals surface area (Å²) in [4.78, 5) is 34.7. The number of non-ortho nitro benzene ring substituents is 1. The van der Waals surface area contributed by atoms with E-state index in [0.717, 1.165) is 22.8 Å². The molecule has 1 amide bonds. The molecule has 0 bridgehead atoms. The molecule has 10 heteroatoms. The molecule has 144 valence electrons. The molecular formula is C18H12F3N3O4. The smallest absolute Gasteiger partial charge is 0.324 e. The Morgan fingerprint density at radius 2 is 1.82 bits per heavy atom. The van der Waals surface area contributed by atoms with Gasteiger partial charge in [-0.3, -0.25) is 24.3 Å². The van der Waals surface area contributed by atoms with E-state index >= 15 is 0 Å². The SMILES string of the molecule is O=C(Cn1c(=O)ccc2cc([N+](=O)[O-])ccc21)Nc1ccccc1C(F)(F)F. The molecule has 3 rings (SSSR count). The summed E-state index contributed by atoms with van der Waals surface area (Å²) in [6.07, 6.45) is -4.65. The minimum atomic E-state index is -4.65. The number of hydrogen-bond donors (Lipinski definition) is 1. The van der Waals surface area contributed by atoms with Crippen LogP contribution < -0.4 is 10.9 Å². The molecule has 0 atom stereocenters. The molecule has 0 unspecified atom stereocenters. The maximum Gasteiger partial charge on any atom is 0.418 e. The molecule has 0 saturated carbocycles. The number of fused-ring (bicyclic) bond motifs is 1. The summed E-state index contributed by atoms with van der Waals surface area (Å²) in [5.41, 5.74) is -1.95. The standard InChI is InChI=1S/C18H12F3N3O4/c19-18(20,21)13-3-1-2-4-14(13)22-16(25)10-23-15-7-6-12(24(27)28)9-11(15)5-8-17(23)26/h1-9H,10H2,(H,22,25). The molecule has 28 heavy (non-hydrogen) atoms. The first kappa shape index (κ1) is 19.1. The van der Waals surface area contributed by atoms with E-state index in [1.165, 1.54) is 36.4 Å². The average Bonchev–Trinajstić information content (AvgIpc) is 2.63. The number of alkyl halides is 3. The molecule has 1 aromatic heterocycles. The van der Waals surface area contributed by atoms with Gasteiger partial charge in [0, 0.05) is 23.6 Å². The van der Waals surface area contributed by atoms with Gasteiger partial charge in [-0.1, -0.05) is 12.1 Å². The first-order valence-corrected chi connectivity index (χ1v) is 7.91. The second kappa shape index (κ2) is 7.14. The van der Waals surface area contributed by atoms with E-state index < -0.39 is 40.4 Å². The maximum atomic E-state index is 13.0. The lowest BCUT2D eigenvalue weighted by atomic mass is 10.1. The Labute approximate surface area is 155 Å². The molecule has 7 nitrogen and oxygen atoms in total. The monoisotopic (exact) mass is 391 g/mol. The van der Waals surface area contributed by atoms with E-state index in [2.05, 4.69) is 5.32 Å². The van der Waals surface area contributed by atoms with Crippen molar-refractivity contribution in [1.29, 1.82) is 0 Å². The van der Waals surface area contributed by atoms with E-state index in [4.69, 9.17) is 0 Å². The van der Waals surface area contributed by atoms with Crippen LogP contribution in [-0.2, 0) is 17.5 Å². The molecule has 1 N–H and O–H groups in total. The fourth-order valence-electron chi connectivity index (χ4n) is 2.74. The van der Waals surface area contributed by atoms with Gasteiger partial charge in [-0.15, -0.1) is 0 Å². The molecule has 1 heterocycles. The van der Waals surface area contributed by atoms with Crippen molar-refractivity contribution in [2.75, 3.05) is 5.32 Å². The van der Waals surface area contributed by atoms with Gasteiger partial charge in [-0.05, 0) is 24.3 Å². The van der Waals surface area contributed by atoms with Crippen molar-refractivity contribution in [3.8, 4) is 0 Å². The number of hydrogen-bond acceptors (Lipinski definition) is 4. The van der Waals surface area contributed by atoms with Crippen LogP contribution in [0.1, 0.15) is 5.56 Å². The zero-order chi connectivity index (χ0) is 20.5. The summed E-state index contributed by atoms with van der Waals surface area (Å²) >= 11 is 0. The van der Waals surface area contributed by atoms with Gasteiger partial charge in [0.25, 0.3) is 11.2 Å². The number of benzene rings is 2. The molecule has 0 aliphatic heterocycles. The largest absolute Gasteiger partial charge is 0.418 e. The number of nitro groups is 1. The highest BCUT2D eigenvalue weighted by Gasteiger charge is 2.33. The average molecular weight is 391 g/mol. The number of anilines is 1. The number of halogens is 3. The number of amides is 1. The number of pyridine rings is 1. The molecule has 0 aliphatic rings. The van der Waals surface area contributed by atoms with E-state index in [1.54, 1.807) is 0 Å². The summed E-state index contributed by atoms with van der Waals surface area (Å²) < 4.78 is 40.2. The Balaban J connectivity index is 1.93. The van der Waals surface area contributed by atoms with E-state index in [0.29, 0.717) is 5.39 Å². The number of aromatic nitrogens is 1. The van der Waals surface area contributed by atoms with E-state index in [9.17, 15) is 32.9 Å². The normalized spacial score (nSPS) is 11.4. The van der Waals surface area contributed by atoms with Crippen LogP contribution >= 0.6 is 0 Å². The molecular weight excluding hydrogens is 379 g/mol. The highest BCUT2D eigenvalue weighted by Crippen LogP contribution is 2.34. The highest BCUT2D eigenvalue weighted by atomic mass is 19.4. The lowest BCUT2D eigenvalue weighted by Crippen LogP contribution is -2.28. The van der Waals surface area contributed by atoms with Gasteiger partial charge in [0.15, 0.2) is 0 Å². The molecule has 0 spiro atoms. The Morgan fingerprint density at radius 1 is 1.11 bits per heavy atom. The summed E-state index contributed by atoms with van der Waals surface area (Å²) in [5.74, 6) is -0.843. The molecule has 0 aliphatic carbocycles. The molecule has 0 saturated heterocycles. The van der Waals surface area contributed by atoms with Crippen LogP contribution in [0.4, 0.5) is 24.5 Å². The first-order chi connectivity index (χ1) is 13.2. The summed E-state index contributed by atoms with van der Waals surface area (Å²) in [6.45, 7) is -0.555. The highest BCUT2D eigenvalue weighted by molar-refractivity contribution is 5.92. The molecule has 3 aromatic rings. The second-order valence-electron chi connectivity index (χ2n) is 5.85. The predicted octanol–water partition coefficient (Wildman–Crippen LogP) is 3.57.